The van der Waals surface area contributed by atoms with Gasteiger partial charge in [0.2, 0.25) is 0 Å². The molecule has 0 saturated carbocycles. The number of carbonyl (C=O) groups is 2. The smallest absolute Gasteiger partial charge is 0.310 e. The van der Waals surface area contributed by atoms with Crippen LogP contribution in [-0.4, -0.2) is 51.6 Å². The van der Waals surface area contributed by atoms with Crippen LogP contribution in [-0.2, 0) is 27.3 Å². The van der Waals surface area contributed by atoms with Crippen LogP contribution in [0.1, 0.15) is 11.1 Å². The van der Waals surface area contributed by atoms with E-state index in [1.165, 1.54) is 0 Å². The molecule has 0 unspecified atom stereocenters. The van der Waals surface area contributed by atoms with E-state index in [0.717, 1.165) is 22.6 Å². The number of amides is 1. The van der Waals surface area contributed by atoms with E-state index in [-0.39, 0.29) is 18.9 Å². The summed E-state index contributed by atoms with van der Waals surface area (Å²) in [6.07, 6.45) is 0.118. The van der Waals surface area contributed by atoms with Crippen LogP contribution in [0.15, 0.2) is 48.5 Å². The van der Waals surface area contributed by atoms with Crippen molar-refractivity contribution in [3.8, 4) is 5.75 Å². The van der Waals surface area contributed by atoms with Gasteiger partial charge in [-0.05, 0) is 35.4 Å². The van der Waals surface area contributed by atoms with Crippen LogP contribution in [0.3, 0.4) is 0 Å². The van der Waals surface area contributed by atoms with E-state index in [1.54, 1.807) is 43.3 Å². The van der Waals surface area contributed by atoms with E-state index in [4.69, 9.17) is 9.47 Å². The Hall–Kier alpha value is -3.02. The van der Waals surface area contributed by atoms with Crippen LogP contribution in [0.5, 0.6) is 5.75 Å². The summed E-state index contributed by atoms with van der Waals surface area (Å²) >= 11 is 0. The molecule has 0 atom stereocenters. The molecule has 0 bridgehead atoms. The molecular weight excluding hydrogens is 344 g/mol. The zero-order chi connectivity index (χ0) is 19.8. The maximum atomic E-state index is 12.2. The van der Waals surface area contributed by atoms with Crippen molar-refractivity contribution >= 4 is 17.6 Å². The van der Waals surface area contributed by atoms with Crippen LogP contribution in [0.25, 0.3) is 0 Å². The van der Waals surface area contributed by atoms with E-state index in [9.17, 15) is 9.59 Å². The van der Waals surface area contributed by atoms with Crippen molar-refractivity contribution in [1.29, 1.82) is 0 Å². The third-order valence-electron chi connectivity index (χ3n) is 4.16. The number of anilines is 1. The van der Waals surface area contributed by atoms with Crippen molar-refractivity contribution in [1.82, 2.24) is 4.90 Å². The summed E-state index contributed by atoms with van der Waals surface area (Å²) in [6.45, 7) is 0.198. The Labute approximate surface area is 160 Å². The second kappa shape index (κ2) is 9.62. The molecule has 6 heteroatoms. The van der Waals surface area contributed by atoms with Gasteiger partial charge in [-0.3, -0.25) is 9.59 Å². The molecule has 0 saturated heterocycles. The number of esters is 1. The van der Waals surface area contributed by atoms with Crippen LogP contribution < -0.4 is 9.64 Å². The second-order valence-corrected chi connectivity index (χ2v) is 6.50. The van der Waals surface area contributed by atoms with Crippen molar-refractivity contribution in [2.45, 2.75) is 13.0 Å². The van der Waals surface area contributed by atoms with Gasteiger partial charge < -0.3 is 19.3 Å². The highest BCUT2D eigenvalue weighted by molar-refractivity contribution is 5.81. The molecule has 2 aromatic carbocycles. The SMILES string of the molecule is COc1ccc(CC(=O)OCC(=O)N(C)Cc2ccc(N(C)C)cc2)cc1. The first-order valence-corrected chi connectivity index (χ1v) is 8.68. The lowest BCUT2D eigenvalue weighted by atomic mass is 10.1. The van der Waals surface area contributed by atoms with E-state index < -0.39 is 5.97 Å². The Balaban J connectivity index is 1.78. The number of hydrogen-bond donors (Lipinski definition) is 0. The fourth-order valence-electron chi connectivity index (χ4n) is 2.48. The van der Waals surface area contributed by atoms with Gasteiger partial charge in [-0.25, -0.2) is 0 Å². The minimum absolute atomic E-state index is 0.118. The summed E-state index contributed by atoms with van der Waals surface area (Å²) in [5, 5.41) is 0. The highest BCUT2D eigenvalue weighted by Crippen LogP contribution is 2.14. The van der Waals surface area contributed by atoms with Gasteiger partial charge in [0.25, 0.3) is 5.91 Å². The van der Waals surface area contributed by atoms with Gasteiger partial charge >= 0.3 is 5.97 Å². The van der Waals surface area contributed by atoms with Gasteiger partial charge in [-0.1, -0.05) is 24.3 Å². The summed E-state index contributed by atoms with van der Waals surface area (Å²) in [7, 11) is 7.23. The van der Waals surface area contributed by atoms with E-state index in [2.05, 4.69) is 0 Å². The fraction of sp³-hybridized carbons (Fsp3) is 0.333. The maximum Gasteiger partial charge on any atom is 0.310 e. The van der Waals surface area contributed by atoms with Crippen LogP contribution >= 0.6 is 0 Å². The molecule has 0 heterocycles. The standard InChI is InChI=1S/C21H26N2O4/c1-22(2)18-9-5-17(6-10-18)14-23(3)20(24)15-27-21(25)13-16-7-11-19(26-4)12-8-16/h5-12H,13-15H2,1-4H3. The molecule has 6 nitrogen and oxygen atoms in total. The quantitative estimate of drug-likeness (QED) is 0.668. The number of hydrogen-bond acceptors (Lipinski definition) is 5. The van der Waals surface area contributed by atoms with Gasteiger partial charge in [0.15, 0.2) is 6.61 Å². The minimum Gasteiger partial charge on any atom is -0.497 e. The third-order valence-corrected chi connectivity index (χ3v) is 4.16. The van der Waals surface area contributed by atoms with Crippen LogP contribution in [0.2, 0.25) is 0 Å². The molecule has 0 spiro atoms. The van der Waals surface area contributed by atoms with Gasteiger partial charge in [-0.15, -0.1) is 0 Å². The number of benzene rings is 2. The number of methoxy groups -OCH3 is 1. The molecule has 27 heavy (non-hydrogen) atoms. The zero-order valence-corrected chi connectivity index (χ0v) is 16.3. The molecule has 2 aromatic rings. The highest BCUT2D eigenvalue weighted by Gasteiger charge is 2.13. The third kappa shape index (κ3) is 6.33. The molecule has 0 aliphatic heterocycles. The van der Waals surface area contributed by atoms with Crippen LogP contribution in [0, 0.1) is 0 Å². The fourth-order valence-corrected chi connectivity index (χ4v) is 2.48. The molecule has 0 aliphatic rings. The normalized spacial score (nSPS) is 10.2. The summed E-state index contributed by atoms with van der Waals surface area (Å²) in [5.41, 5.74) is 2.92. The lowest BCUT2D eigenvalue weighted by Gasteiger charge is -2.18. The molecule has 0 aliphatic carbocycles. The minimum atomic E-state index is -0.433. The molecule has 0 fully saturated rings. The van der Waals surface area contributed by atoms with Crippen molar-refractivity contribution in [3.05, 3.63) is 59.7 Å². The lowest BCUT2D eigenvalue weighted by molar-refractivity contribution is -0.151. The molecular formula is C21H26N2O4. The van der Waals surface area contributed by atoms with E-state index >= 15 is 0 Å². The summed E-state index contributed by atoms with van der Waals surface area (Å²) in [5.74, 6) is 0.0505. The van der Waals surface area contributed by atoms with Gasteiger partial charge in [0.05, 0.1) is 13.5 Å². The van der Waals surface area contributed by atoms with Crippen LogP contribution in [0.4, 0.5) is 5.69 Å². The topological polar surface area (TPSA) is 59.1 Å². The Morgan fingerprint density at radius 1 is 0.889 bits per heavy atom. The van der Waals surface area contributed by atoms with Gasteiger partial charge in [0, 0.05) is 33.4 Å². The lowest BCUT2D eigenvalue weighted by Crippen LogP contribution is -2.31. The number of likely N-dealkylation sites (N-methyl/N-ethyl adjacent to an activating group) is 1. The van der Waals surface area contributed by atoms with E-state index in [1.807, 2.05) is 43.3 Å². The predicted octanol–water partition coefficient (Wildman–Crippen LogP) is 2.51. The summed E-state index contributed by atoms with van der Waals surface area (Å²) in [4.78, 5) is 27.7. The maximum absolute atomic E-state index is 12.2. The first-order valence-electron chi connectivity index (χ1n) is 8.68. The second-order valence-electron chi connectivity index (χ2n) is 6.50. The Morgan fingerprint density at radius 3 is 2.04 bits per heavy atom. The zero-order valence-electron chi connectivity index (χ0n) is 16.3. The first kappa shape index (κ1) is 20.3. The molecule has 1 amide bonds. The average molecular weight is 370 g/mol. The summed E-state index contributed by atoms with van der Waals surface area (Å²) < 4.78 is 10.2. The first-order chi connectivity index (χ1) is 12.9. The molecule has 2 rings (SSSR count). The Bertz CT molecular complexity index is 755. The van der Waals surface area contributed by atoms with Crippen molar-refractivity contribution in [2.24, 2.45) is 0 Å². The highest BCUT2D eigenvalue weighted by atomic mass is 16.5. The van der Waals surface area contributed by atoms with Gasteiger partial charge in [-0.2, -0.15) is 0 Å². The number of ether oxygens (including phenoxy) is 2. The number of nitrogens with zero attached hydrogens (tertiary/aromatic N) is 2. The Morgan fingerprint density at radius 2 is 1.48 bits per heavy atom. The monoisotopic (exact) mass is 370 g/mol. The average Bonchev–Trinajstić information content (AvgIpc) is 2.67. The van der Waals surface area contributed by atoms with Gasteiger partial charge in [0.1, 0.15) is 5.75 Å². The molecule has 0 N–H and O–H groups in total. The molecule has 144 valence electrons. The summed E-state index contributed by atoms with van der Waals surface area (Å²) in [6, 6.07) is 15.1. The molecule has 0 radical (unpaired) electrons. The largest absolute Gasteiger partial charge is 0.497 e. The van der Waals surface area contributed by atoms with Crippen molar-refractivity contribution in [3.63, 3.8) is 0 Å². The number of rotatable bonds is 8. The van der Waals surface area contributed by atoms with Crippen molar-refractivity contribution < 1.29 is 19.1 Å². The molecule has 0 aromatic heterocycles. The van der Waals surface area contributed by atoms with E-state index in [0.29, 0.717) is 6.54 Å². The number of carbonyl (C=O) groups excluding carboxylic acids is 2. The predicted molar refractivity (Wildman–Crippen MR) is 105 cm³/mol. The Kier molecular flexibility index (Phi) is 7.23. The van der Waals surface area contributed by atoms with Crippen molar-refractivity contribution in [2.75, 3.05) is 39.8 Å².